The number of hydrogen-bond donors (Lipinski definition) is 3. The van der Waals surface area contributed by atoms with E-state index in [1.807, 2.05) is 60.5 Å². The molecule has 1 aliphatic rings. The van der Waals surface area contributed by atoms with Gasteiger partial charge < -0.3 is 35.0 Å². The van der Waals surface area contributed by atoms with E-state index in [0.29, 0.717) is 19.4 Å². The maximum absolute atomic E-state index is 14.2. The van der Waals surface area contributed by atoms with Crippen LogP contribution in [0.25, 0.3) is 0 Å². The summed E-state index contributed by atoms with van der Waals surface area (Å²) in [5.74, 6) is -3.11. The molecular formula is C37H69N5O8. The molecule has 1 fully saturated rings. The zero-order valence-electron chi connectivity index (χ0n) is 33.3. The molecule has 10 atom stereocenters. The highest BCUT2D eigenvalue weighted by Crippen LogP contribution is 2.30. The number of carbonyl (C=O) groups is 5. The largest absolute Gasteiger partial charge is 0.481 e. The number of ether oxygens (including phenoxy) is 2. The van der Waals surface area contributed by atoms with Gasteiger partial charge >= 0.3 is 5.97 Å². The Morgan fingerprint density at radius 3 is 1.94 bits per heavy atom. The number of carboxylic acids is 1. The predicted molar refractivity (Wildman–Crippen MR) is 194 cm³/mol. The minimum atomic E-state index is -0.916. The number of methoxy groups -OCH3 is 2. The predicted octanol–water partition coefficient (Wildman–Crippen LogP) is 3.25. The number of likely N-dealkylation sites (tertiary alicyclic amines) is 1. The Kier molecular flexibility index (Phi) is 18.9. The van der Waals surface area contributed by atoms with Gasteiger partial charge in [0.05, 0.1) is 48.6 Å². The summed E-state index contributed by atoms with van der Waals surface area (Å²) in [7, 11) is 8.51. The number of nitrogens with zero attached hydrogens (tertiary/aromatic N) is 3. The van der Waals surface area contributed by atoms with Crippen molar-refractivity contribution in [3.63, 3.8) is 0 Å². The first-order valence-electron chi connectivity index (χ1n) is 18.4. The summed E-state index contributed by atoms with van der Waals surface area (Å²) < 4.78 is 11.8. The summed E-state index contributed by atoms with van der Waals surface area (Å²) in [6, 6.07) is -2.30. The lowest BCUT2D eigenvalue weighted by molar-refractivity contribution is -0.148. The molecule has 13 heteroatoms. The van der Waals surface area contributed by atoms with E-state index in [1.54, 1.807) is 44.7 Å². The second kappa shape index (κ2) is 20.9. The molecule has 0 saturated carbocycles. The zero-order valence-corrected chi connectivity index (χ0v) is 33.3. The van der Waals surface area contributed by atoms with Crippen molar-refractivity contribution in [2.24, 2.45) is 29.6 Å². The highest BCUT2D eigenvalue weighted by molar-refractivity contribution is 5.90. The average Bonchev–Trinajstić information content (AvgIpc) is 3.51. The molecule has 4 amide bonds. The fourth-order valence-electron chi connectivity index (χ4n) is 7.48. The van der Waals surface area contributed by atoms with Gasteiger partial charge in [-0.05, 0) is 58.0 Å². The first-order valence-corrected chi connectivity index (χ1v) is 18.4. The quantitative estimate of drug-likeness (QED) is 0.163. The van der Waals surface area contributed by atoms with E-state index in [9.17, 15) is 29.1 Å². The van der Waals surface area contributed by atoms with Gasteiger partial charge in [-0.3, -0.25) is 28.9 Å². The number of likely N-dealkylation sites (N-methyl/N-ethyl adjacent to an activating group) is 2. The lowest BCUT2D eigenvalue weighted by Crippen LogP contribution is -2.59. The SMILES string of the molecule is CC[C@H](C)[C@@H]([C@@H](CC(=O)N1CCC[C@H]1[C@H](OC)[C@@H](C)C(=O)N[C@@H](C)C[C@H](C)C(=O)O)OC)N(C)C(=O)[C@@H](NC(=O)[C@H](C(C)C)N(C)C)C(C)C. The fraction of sp³-hybridized carbons (Fsp3) is 0.865. The number of hydrogen-bond acceptors (Lipinski definition) is 8. The molecule has 290 valence electrons. The van der Waals surface area contributed by atoms with Crippen LogP contribution in [0, 0.1) is 29.6 Å². The third-order valence-corrected chi connectivity index (χ3v) is 10.5. The summed E-state index contributed by atoms with van der Waals surface area (Å²) in [4.78, 5) is 71.4. The highest BCUT2D eigenvalue weighted by atomic mass is 16.5. The Morgan fingerprint density at radius 2 is 1.48 bits per heavy atom. The molecule has 13 nitrogen and oxygen atoms in total. The van der Waals surface area contributed by atoms with Gasteiger partial charge in [-0.15, -0.1) is 0 Å². The van der Waals surface area contributed by atoms with Crippen LogP contribution in [0.3, 0.4) is 0 Å². The van der Waals surface area contributed by atoms with Crippen LogP contribution in [0.4, 0.5) is 0 Å². The van der Waals surface area contributed by atoms with Crippen molar-refractivity contribution in [3.05, 3.63) is 0 Å². The molecule has 1 aliphatic heterocycles. The van der Waals surface area contributed by atoms with Crippen LogP contribution < -0.4 is 10.6 Å². The Labute approximate surface area is 301 Å². The van der Waals surface area contributed by atoms with E-state index in [-0.39, 0.29) is 59.9 Å². The second-order valence-corrected chi connectivity index (χ2v) is 15.4. The van der Waals surface area contributed by atoms with Gasteiger partial charge in [0.2, 0.25) is 23.6 Å². The van der Waals surface area contributed by atoms with E-state index in [0.717, 1.165) is 12.8 Å². The zero-order chi connectivity index (χ0) is 38.6. The van der Waals surface area contributed by atoms with Crippen molar-refractivity contribution in [3.8, 4) is 0 Å². The number of aliphatic carboxylic acids is 1. The number of carbonyl (C=O) groups excluding carboxylic acids is 4. The molecule has 1 rings (SSSR count). The van der Waals surface area contributed by atoms with Gasteiger partial charge in [-0.1, -0.05) is 61.8 Å². The molecular weight excluding hydrogens is 642 g/mol. The lowest BCUT2D eigenvalue weighted by Gasteiger charge is -2.41. The Bertz CT molecular complexity index is 1110. The van der Waals surface area contributed by atoms with Crippen LogP contribution in [0.1, 0.15) is 94.4 Å². The summed E-state index contributed by atoms with van der Waals surface area (Å²) in [5.41, 5.74) is 0. The standard InChI is InChI=1S/C37H69N5O8/c1-15-23(6)32(41(12)36(46)30(21(2)3)39-35(45)31(22(4)5)40(10)11)28(49-13)20-29(43)42-18-16-17-27(42)33(50-14)26(9)34(44)38-25(8)19-24(7)37(47)48/h21-28,30-33H,15-20H2,1-14H3,(H,38,44)(H,39,45)(H,47,48)/t23-,24-,25-,26+,27-,28+,30-,31-,32-,33+/m0/s1. The number of carboxylic acid groups (broad SMARTS) is 1. The van der Waals surface area contributed by atoms with Gasteiger partial charge in [0, 0.05) is 33.9 Å². The first-order chi connectivity index (χ1) is 23.2. The Hall–Kier alpha value is -2.77. The maximum atomic E-state index is 14.2. The van der Waals surface area contributed by atoms with Gasteiger partial charge in [-0.25, -0.2) is 0 Å². The molecule has 0 spiro atoms. The van der Waals surface area contributed by atoms with E-state index in [1.165, 1.54) is 7.11 Å². The highest BCUT2D eigenvalue weighted by Gasteiger charge is 2.43. The third-order valence-electron chi connectivity index (χ3n) is 10.5. The molecule has 0 aromatic carbocycles. The van der Waals surface area contributed by atoms with Crippen LogP contribution in [0.2, 0.25) is 0 Å². The fourth-order valence-corrected chi connectivity index (χ4v) is 7.48. The van der Waals surface area contributed by atoms with Crippen molar-refractivity contribution in [2.75, 3.05) is 41.9 Å². The number of nitrogens with one attached hydrogen (secondary N) is 2. The topological polar surface area (TPSA) is 158 Å². The van der Waals surface area contributed by atoms with Gasteiger partial charge in [0.15, 0.2) is 0 Å². The lowest BCUT2D eigenvalue weighted by atomic mass is 9.89. The minimum absolute atomic E-state index is 0.0222. The first kappa shape index (κ1) is 45.3. The molecule has 0 radical (unpaired) electrons. The van der Waals surface area contributed by atoms with E-state index in [4.69, 9.17) is 9.47 Å². The number of amides is 4. The molecule has 1 heterocycles. The van der Waals surface area contributed by atoms with E-state index < -0.39 is 48.1 Å². The Balaban J connectivity index is 3.23. The molecule has 50 heavy (non-hydrogen) atoms. The maximum Gasteiger partial charge on any atom is 0.306 e. The summed E-state index contributed by atoms with van der Waals surface area (Å²) in [5, 5.41) is 15.2. The summed E-state index contributed by atoms with van der Waals surface area (Å²) in [6.07, 6.45) is 1.27. The molecule has 3 N–H and O–H groups in total. The van der Waals surface area contributed by atoms with Crippen molar-refractivity contribution in [1.82, 2.24) is 25.3 Å². The van der Waals surface area contributed by atoms with Crippen LogP contribution in [0.5, 0.6) is 0 Å². The second-order valence-electron chi connectivity index (χ2n) is 15.4. The molecule has 1 saturated heterocycles. The van der Waals surface area contributed by atoms with Crippen LogP contribution >= 0.6 is 0 Å². The van der Waals surface area contributed by atoms with Gasteiger partial charge in [0.25, 0.3) is 0 Å². The third kappa shape index (κ3) is 12.2. The summed E-state index contributed by atoms with van der Waals surface area (Å²) in [6.45, 7) is 17.5. The minimum Gasteiger partial charge on any atom is -0.481 e. The molecule has 0 bridgehead atoms. The van der Waals surface area contributed by atoms with E-state index in [2.05, 4.69) is 10.6 Å². The average molecular weight is 712 g/mol. The van der Waals surface area contributed by atoms with Crippen molar-refractivity contribution >= 4 is 29.6 Å². The van der Waals surface area contributed by atoms with Crippen molar-refractivity contribution < 1.29 is 38.6 Å². The normalized spacial score (nSPS) is 20.4. The molecule has 0 unspecified atom stereocenters. The van der Waals surface area contributed by atoms with Crippen LogP contribution in [-0.2, 0) is 33.4 Å². The van der Waals surface area contributed by atoms with Gasteiger partial charge in [-0.2, -0.15) is 0 Å². The van der Waals surface area contributed by atoms with Crippen LogP contribution in [0.15, 0.2) is 0 Å². The summed E-state index contributed by atoms with van der Waals surface area (Å²) >= 11 is 0. The van der Waals surface area contributed by atoms with Crippen LogP contribution in [-0.4, -0.2) is 134 Å². The smallest absolute Gasteiger partial charge is 0.306 e. The van der Waals surface area contributed by atoms with E-state index >= 15 is 0 Å². The Morgan fingerprint density at radius 1 is 0.880 bits per heavy atom. The van der Waals surface area contributed by atoms with Crippen molar-refractivity contribution in [2.45, 2.75) is 137 Å². The molecule has 0 aliphatic carbocycles. The van der Waals surface area contributed by atoms with Crippen molar-refractivity contribution in [1.29, 1.82) is 0 Å². The monoisotopic (exact) mass is 712 g/mol. The molecule has 0 aromatic heterocycles. The number of rotatable bonds is 21. The van der Waals surface area contributed by atoms with Gasteiger partial charge in [0.1, 0.15) is 6.04 Å². The molecule has 0 aromatic rings.